The van der Waals surface area contributed by atoms with Gasteiger partial charge in [-0.3, -0.25) is 4.79 Å². The van der Waals surface area contributed by atoms with Crippen LogP contribution in [0.5, 0.6) is 0 Å². The lowest BCUT2D eigenvalue weighted by molar-refractivity contribution is -0.138. The number of hydrogen-bond donors (Lipinski definition) is 0. The third kappa shape index (κ3) is 4.09. The standard InChI is InChI=1S/C3H4BrClO2/c4-2-7-3(6)1-5/h1-2H2. The molecule has 2 nitrogen and oxygen atoms in total. The van der Waals surface area contributed by atoms with E-state index in [1.54, 1.807) is 0 Å². The first-order valence-corrected chi connectivity index (χ1v) is 3.24. The van der Waals surface area contributed by atoms with Gasteiger partial charge in [-0.2, -0.15) is 0 Å². The Morgan fingerprint density at radius 1 is 1.86 bits per heavy atom. The molecule has 0 unspecified atom stereocenters. The van der Waals surface area contributed by atoms with Crippen LogP contribution in [0.25, 0.3) is 0 Å². The summed E-state index contributed by atoms with van der Waals surface area (Å²) in [6, 6.07) is 0. The van der Waals surface area contributed by atoms with Crippen molar-refractivity contribution in [2.75, 3.05) is 11.4 Å². The molecule has 0 aromatic heterocycles. The van der Waals surface area contributed by atoms with Crippen LogP contribution in [-0.4, -0.2) is 17.4 Å². The van der Waals surface area contributed by atoms with Gasteiger partial charge in [0.15, 0.2) is 0 Å². The summed E-state index contributed by atoms with van der Waals surface area (Å²) in [4.78, 5) is 10.0. The second-order valence-corrected chi connectivity index (χ2v) is 1.48. The molecule has 0 radical (unpaired) electrons. The van der Waals surface area contributed by atoms with E-state index in [0.29, 0.717) is 0 Å². The molecule has 0 fully saturated rings. The van der Waals surface area contributed by atoms with Crippen LogP contribution in [0.15, 0.2) is 0 Å². The predicted octanol–water partition coefficient (Wildman–Crippen LogP) is 1.12. The second-order valence-electron chi connectivity index (χ2n) is 0.759. The van der Waals surface area contributed by atoms with Gasteiger partial charge in [0.05, 0.1) is 0 Å². The molecule has 0 aromatic carbocycles. The van der Waals surface area contributed by atoms with Crippen molar-refractivity contribution in [3.63, 3.8) is 0 Å². The van der Waals surface area contributed by atoms with Gasteiger partial charge < -0.3 is 4.74 Å². The van der Waals surface area contributed by atoms with Crippen LogP contribution in [-0.2, 0) is 9.53 Å². The normalized spacial score (nSPS) is 8.29. The second kappa shape index (κ2) is 4.40. The Kier molecular flexibility index (Phi) is 4.55. The van der Waals surface area contributed by atoms with Crippen molar-refractivity contribution in [3.8, 4) is 0 Å². The molecular formula is C3H4BrClO2. The lowest BCUT2D eigenvalue weighted by atomic mass is 10.8. The number of ether oxygens (including phenoxy) is 1. The smallest absolute Gasteiger partial charge is 0.321 e. The number of esters is 1. The van der Waals surface area contributed by atoms with Crippen molar-refractivity contribution in [2.24, 2.45) is 0 Å². The fourth-order valence-corrected chi connectivity index (χ4v) is 0.432. The Morgan fingerprint density at radius 3 is 2.57 bits per heavy atom. The summed E-state index contributed by atoms with van der Waals surface area (Å²) in [5.41, 5.74) is 0.221. The summed E-state index contributed by atoms with van der Waals surface area (Å²) < 4.78 is 4.34. The highest BCUT2D eigenvalue weighted by molar-refractivity contribution is 9.09. The third-order valence-electron chi connectivity index (χ3n) is 0.325. The maximum atomic E-state index is 10.0. The molecule has 0 rings (SSSR count). The average molecular weight is 187 g/mol. The van der Waals surface area contributed by atoms with Crippen LogP contribution < -0.4 is 0 Å². The Morgan fingerprint density at radius 2 is 2.43 bits per heavy atom. The highest BCUT2D eigenvalue weighted by Gasteiger charge is 1.93. The molecule has 0 aliphatic heterocycles. The number of carbonyl (C=O) groups is 1. The van der Waals surface area contributed by atoms with Crippen molar-refractivity contribution < 1.29 is 9.53 Å². The molecule has 0 amide bonds. The minimum Gasteiger partial charge on any atom is -0.453 e. The largest absolute Gasteiger partial charge is 0.453 e. The summed E-state index contributed by atoms with van der Waals surface area (Å²) in [6.45, 7) is 0. The topological polar surface area (TPSA) is 26.3 Å². The van der Waals surface area contributed by atoms with Gasteiger partial charge in [0.25, 0.3) is 0 Å². The third-order valence-corrected chi connectivity index (χ3v) is 0.772. The molecule has 0 aromatic rings. The van der Waals surface area contributed by atoms with Crippen molar-refractivity contribution in [3.05, 3.63) is 0 Å². The maximum absolute atomic E-state index is 10.0. The highest BCUT2D eigenvalue weighted by atomic mass is 79.9. The summed E-state index contributed by atoms with van der Waals surface area (Å²) in [5, 5.41) is 0. The van der Waals surface area contributed by atoms with Gasteiger partial charge in [-0.15, -0.1) is 11.6 Å². The summed E-state index contributed by atoms with van der Waals surface area (Å²) in [7, 11) is 0. The fourth-order valence-electron chi connectivity index (χ4n) is 0.0994. The van der Waals surface area contributed by atoms with E-state index in [4.69, 9.17) is 11.6 Å². The Balaban J connectivity index is 3.00. The van der Waals surface area contributed by atoms with Crippen molar-refractivity contribution in [2.45, 2.75) is 0 Å². The van der Waals surface area contributed by atoms with E-state index in [2.05, 4.69) is 20.7 Å². The molecular weight excluding hydrogens is 183 g/mol. The zero-order valence-electron chi connectivity index (χ0n) is 3.49. The number of hydrogen-bond acceptors (Lipinski definition) is 2. The fraction of sp³-hybridized carbons (Fsp3) is 0.667. The predicted molar refractivity (Wildman–Crippen MR) is 30.6 cm³/mol. The first-order valence-electron chi connectivity index (χ1n) is 1.58. The minimum atomic E-state index is -0.404. The zero-order chi connectivity index (χ0) is 5.70. The number of rotatable bonds is 2. The molecule has 0 heterocycles. The van der Waals surface area contributed by atoms with E-state index in [9.17, 15) is 4.79 Å². The Bertz CT molecular complexity index is 66.0. The summed E-state index contributed by atoms with van der Waals surface area (Å²) in [6.07, 6.45) is 0. The number of halogens is 2. The summed E-state index contributed by atoms with van der Waals surface area (Å²) >= 11 is 7.92. The van der Waals surface area contributed by atoms with Crippen LogP contribution in [0.3, 0.4) is 0 Å². The Labute approximate surface area is 54.9 Å². The van der Waals surface area contributed by atoms with Gasteiger partial charge >= 0.3 is 5.97 Å². The summed E-state index contributed by atoms with van der Waals surface area (Å²) in [5.74, 6) is -0.482. The first kappa shape index (κ1) is 7.24. The molecule has 0 saturated heterocycles. The maximum Gasteiger partial charge on any atom is 0.321 e. The van der Waals surface area contributed by atoms with Crippen LogP contribution >= 0.6 is 27.5 Å². The van der Waals surface area contributed by atoms with Gasteiger partial charge in [0.1, 0.15) is 11.4 Å². The Hall–Kier alpha value is 0.240. The lowest BCUT2D eigenvalue weighted by Gasteiger charge is -1.91. The van der Waals surface area contributed by atoms with Crippen molar-refractivity contribution in [1.82, 2.24) is 0 Å². The SMILES string of the molecule is O=C(CCl)OCBr. The first-order chi connectivity index (χ1) is 3.31. The van der Waals surface area contributed by atoms with Gasteiger partial charge in [-0.1, -0.05) is 0 Å². The van der Waals surface area contributed by atoms with E-state index in [1.807, 2.05) is 0 Å². The van der Waals surface area contributed by atoms with Crippen LogP contribution in [0.2, 0.25) is 0 Å². The molecule has 7 heavy (non-hydrogen) atoms. The van der Waals surface area contributed by atoms with Crippen LogP contribution in [0.1, 0.15) is 0 Å². The van der Waals surface area contributed by atoms with Crippen LogP contribution in [0.4, 0.5) is 0 Å². The van der Waals surface area contributed by atoms with E-state index in [-0.39, 0.29) is 11.4 Å². The quantitative estimate of drug-likeness (QED) is 0.478. The average Bonchev–Trinajstić information content (AvgIpc) is 1.68. The molecule has 0 spiro atoms. The van der Waals surface area contributed by atoms with Crippen molar-refractivity contribution in [1.29, 1.82) is 0 Å². The van der Waals surface area contributed by atoms with Crippen LogP contribution in [0, 0.1) is 0 Å². The van der Waals surface area contributed by atoms with E-state index < -0.39 is 5.97 Å². The lowest BCUT2D eigenvalue weighted by Crippen LogP contribution is -2.02. The van der Waals surface area contributed by atoms with E-state index in [0.717, 1.165) is 0 Å². The van der Waals surface area contributed by atoms with E-state index in [1.165, 1.54) is 0 Å². The van der Waals surface area contributed by atoms with Crippen molar-refractivity contribution >= 4 is 33.5 Å². The molecule has 0 bridgehead atoms. The number of carbonyl (C=O) groups excluding carboxylic acids is 1. The minimum absolute atomic E-state index is 0.0778. The molecule has 0 atom stereocenters. The molecule has 0 aliphatic rings. The zero-order valence-corrected chi connectivity index (χ0v) is 5.83. The molecule has 0 saturated carbocycles. The molecule has 0 aliphatic carbocycles. The van der Waals surface area contributed by atoms with Gasteiger partial charge in [0, 0.05) is 0 Å². The molecule has 4 heteroatoms. The van der Waals surface area contributed by atoms with Gasteiger partial charge in [-0.25, -0.2) is 0 Å². The van der Waals surface area contributed by atoms with Gasteiger partial charge in [0.2, 0.25) is 0 Å². The monoisotopic (exact) mass is 186 g/mol. The molecule has 0 N–H and O–H groups in total. The number of alkyl halides is 2. The van der Waals surface area contributed by atoms with E-state index >= 15 is 0 Å². The highest BCUT2D eigenvalue weighted by Crippen LogP contribution is 1.85. The molecule has 42 valence electrons. The van der Waals surface area contributed by atoms with Gasteiger partial charge in [-0.05, 0) is 15.9 Å².